The fourth-order valence-electron chi connectivity index (χ4n) is 3.23. The minimum absolute atomic E-state index is 0.0679. The number of hydrogen-bond donors (Lipinski definition) is 2. The topological polar surface area (TPSA) is 94.1 Å². The van der Waals surface area contributed by atoms with E-state index in [9.17, 15) is 14.7 Å². The largest absolute Gasteiger partial charge is 0.493 e. The van der Waals surface area contributed by atoms with Crippen LogP contribution in [0.4, 0.5) is 4.79 Å². The summed E-state index contributed by atoms with van der Waals surface area (Å²) in [4.78, 5) is 23.7. The lowest BCUT2D eigenvalue weighted by Crippen LogP contribution is -2.44. The molecule has 1 atom stereocenters. The van der Waals surface area contributed by atoms with E-state index in [-0.39, 0.29) is 6.42 Å². The molecule has 3 aromatic carbocycles. The van der Waals surface area contributed by atoms with Gasteiger partial charge in [-0.1, -0.05) is 42.5 Å². The number of carbonyl (C=O) groups is 2. The van der Waals surface area contributed by atoms with Crippen LogP contribution >= 0.6 is 0 Å². The second-order valence-corrected chi connectivity index (χ2v) is 8.31. The SMILES string of the molecule is COc1ccc2ccccc2c1Oc1cccc(CC(NC(=O)OC(C)(C)C)C(=O)O)c1. The number of ether oxygens (including phenoxy) is 3. The fraction of sp³-hybridized carbons (Fsp3) is 0.280. The summed E-state index contributed by atoms with van der Waals surface area (Å²) in [6.07, 6.45) is -0.712. The minimum atomic E-state index is -1.15. The number of carboxylic acids is 1. The summed E-state index contributed by atoms with van der Waals surface area (Å²) in [6, 6.07) is 17.5. The summed E-state index contributed by atoms with van der Waals surface area (Å²) in [6.45, 7) is 5.14. The Morgan fingerprint density at radius 2 is 1.78 bits per heavy atom. The Balaban J connectivity index is 1.82. The van der Waals surface area contributed by atoms with Crippen LogP contribution in [-0.4, -0.2) is 35.9 Å². The molecule has 7 heteroatoms. The average molecular weight is 437 g/mol. The zero-order valence-corrected chi connectivity index (χ0v) is 18.5. The van der Waals surface area contributed by atoms with Crippen molar-refractivity contribution in [2.75, 3.05) is 7.11 Å². The Kier molecular flexibility index (Phi) is 6.88. The second kappa shape index (κ2) is 9.60. The van der Waals surface area contributed by atoms with Gasteiger partial charge in [-0.25, -0.2) is 9.59 Å². The van der Waals surface area contributed by atoms with Gasteiger partial charge in [0.1, 0.15) is 17.4 Å². The maximum Gasteiger partial charge on any atom is 0.408 e. The molecule has 0 saturated carbocycles. The standard InChI is InChI=1S/C25H27NO6/c1-25(2,3)32-24(29)26-20(23(27)28)15-16-8-7-10-18(14-16)31-22-19-11-6-5-9-17(19)12-13-21(22)30-4/h5-14,20H,15H2,1-4H3,(H,26,29)(H,27,28). The fourth-order valence-corrected chi connectivity index (χ4v) is 3.23. The number of methoxy groups -OCH3 is 1. The molecule has 0 aliphatic heterocycles. The number of benzene rings is 3. The van der Waals surface area contributed by atoms with E-state index in [1.54, 1.807) is 52.1 Å². The van der Waals surface area contributed by atoms with Crippen molar-refractivity contribution >= 4 is 22.8 Å². The molecule has 2 N–H and O–H groups in total. The average Bonchev–Trinajstić information content (AvgIpc) is 2.72. The van der Waals surface area contributed by atoms with Crippen molar-refractivity contribution in [1.82, 2.24) is 5.32 Å². The van der Waals surface area contributed by atoms with Gasteiger partial charge in [-0.3, -0.25) is 0 Å². The first kappa shape index (κ1) is 22.9. The summed E-state index contributed by atoms with van der Waals surface area (Å²) < 4.78 is 16.8. The molecule has 0 heterocycles. The molecule has 168 valence electrons. The molecule has 3 aromatic rings. The third kappa shape index (κ3) is 5.91. The highest BCUT2D eigenvalue weighted by Gasteiger charge is 2.24. The Labute approximate surface area is 186 Å². The first-order valence-electron chi connectivity index (χ1n) is 10.2. The van der Waals surface area contributed by atoms with Crippen molar-refractivity contribution in [3.63, 3.8) is 0 Å². The van der Waals surface area contributed by atoms with E-state index in [0.29, 0.717) is 22.8 Å². The molecule has 3 rings (SSSR count). The molecular formula is C25H27NO6. The quantitative estimate of drug-likeness (QED) is 0.530. The first-order valence-corrected chi connectivity index (χ1v) is 10.2. The van der Waals surface area contributed by atoms with Gasteiger partial charge in [-0.15, -0.1) is 0 Å². The predicted molar refractivity (Wildman–Crippen MR) is 122 cm³/mol. The van der Waals surface area contributed by atoms with E-state index in [1.807, 2.05) is 36.4 Å². The zero-order valence-electron chi connectivity index (χ0n) is 18.5. The van der Waals surface area contributed by atoms with Crippen LogP contribution in [0.15, 0.2) is 60.7 Å². The number of alkyl carbamates (subject to hydrolysis) is 1. The lowest BCUT2D eigenvalue weighted by molar-refractivity contribution is -0.139. The van der Waals surface area contributed by atoms with Crippen molar-refractivity contribution in [2.45, 2.75) is 38.8 Å². The molecule has 0 aliphatic carbocycles. The summed E-state index contributed by atoms with van der Waals surface area (Å²) in [5.41, 5.74) is -0.0385. The van der Waals surface area contributed by atoms with E-state index in [2.05, 4.69) is 5.32 Å². The zero-order chi connectivity index (χ0) is 23.3. The third-order valence-corrected chi connectivity index (χ3v) is 4.61. The van der Waals surface area contributed by atoms with Crippen molar-refractivity contribution < 1.29 is 28.9 Å². The van der Waals surface area contributed by atoms with Gasteiger partial charge in [0.2, 0.25) is 0 Å². The van der Waals surface area contributed by atoms with Crippen molar-refractivity contribution in [3.8, 4) is 17.2 Å². The van der Waals surface area contributed by atoms with Crippen LogP contribution in [-0.2, 0) is 16.0 Å². The van der Waals surface area contributed by atoms with Gasteiger partial charge >= 0.3 is 12.1 Å². The first-order chi connectivity index (χ1) is 15.2. The van der Waals surface area contributed by atoms with Crippen molar-refractivity contribution in [3.05, 3.63) is 66.2 Å². The monoisotopic (exact) mass is 437 g/mol. The molecule has 32 heavy (non-hydrogen) atoms. The van der Waals surface area contributed by atoms with Gasteiger partial charge in [-0.2, -0.15) is 0 Å². The molecular weight excluding hydrogens is 410 g/mol. The smallest absolute Gasteiger partial charge is 0.408 e. The molecule has 0 saturated heterocycles. The molecule has 7 nitrogen and oxygen atoms in total. The van der Waals surface area contributed by atoms with Crippen LogP contribution in [0.3, 0.4) is 0 Å². The van der Waals surface area contributed by atoms with E-state index < -0.39 is 23.7 Å². The molecule has 0 aromatic heterocycles. The summed E-state index contributed by atoms with van der Waals surface area (Å²) in [7, 11) is 1.58. The van der Waals surface area contributed by atoms with E-state index in [0.717, 1.165) is 10.8 Å². The number of nitrogens with one attached hydrogen (secondary N) is 1. The second-order valence-electron chi connectivity index (χ2n) is 8.31. The number of rotatable bonds is 7. The number of carboxylic acid groups (broad SMARTS) is 1. The highest BCUT2D eigenvalue weighted by molar-refractivity contribution is 5.91. The number of fused-ring (bicyclic) bond motifs is 1. The minimum Gasteiger partial charge on any atom is -0.493 e. The Bertz CT molecular complexity index is 1120. The van der Waals surface area contributed by atoms with Gasteiger partial charge in [0.25, 0.3) is 0 Å². The molecule has 0 aliphatic rings. The maximum atomic E-state index is 12.0. The molecule has 0 spiro atoms. The number of aliphatic carboxylic acids is 1. The van der Waals surface area contributed by atoms with Crippen LogP contribution in [0.5, 0.6) is 17.2 Å². The van der Waals surface area contributed by atoms with Gasteiger partial charge in [0.05, 0.1) is 7.11 Å². The highest BCUT2D eigenvalue weighted by Crippen LogP contribution is 2.38. The van der Waals surface area contributed by atoms with E-state index >= 15 is 0 Å². The molecule has 1 unspecified atom stereocenters. The molecule has 1 amide bonds. The molecule has 0 radical (unpaired) electrons. The third-order valence-electron chi connectivity index (χ3n) is 4.61. The van der Waals surface area contributed by atoms with Crippen molar-refractivity contribution in [2.24, 2.45) is 0 Å². The van der Waals surface area contributed by atoms with Gasteiger partial charge in [-0.05, 0) is 49.9 Å². The summed E-state index contributed by atoms with van der Waals surface area (Å²) >= 11 is 0. The lowest BCUT2D eigenvalue weighted by atomic mass is 10.1. The molecule has 0 fully saturated rings. The Hall–Kier alpha value is -3.74. The summed E-state index contributed by atoms with van der Waals surface area (Å²) in [5, 5.41) is 13.9. The van der Waals surface area contributed by atoms with Gasteiger partial charge in [0, 0.05) is 11.8 Å². The van der Waals surface area contributed by atoms with Crippen LogP contribution in [0.1, 0.15) is 26.3 Å². The van der Waals surface area contributed by atoms with Gasteiger partial charge < -0.3 is 24.6 Å². The summed E-state index contributed by atoms with van der Waals surface area (Å²) in [5.74, 6) is 0.532. The van der Waals surface area contributed by atoms with E-state index in [4.69, 9.17) is 14.2 Å². The Morgan fingerprint density at radius 3 is 2.47 bits per heavy atom. The number of carbonyl (C=O) groups excluding carboxylic acids is 1. The van der Waals surface area contributed by atoms with Crippen LogP contribution in [0.25, 0.3) is 10.8 Å². The predicted octanol–water partition coefficient (Wildman–Crippen LogP) is 5.16. The lowest BCUT2D eigenvalue weighted by Gasteiger charge is -2.22. The normalized spacial score (nSPS) is 12.1. The molecule has 0 bridgehead atoms. The van der Waals surface area contributed by atoms with Crippen LogP contribution in [0.2, 0.25) is 0 Å². The number of hydrogen-bond acceptors (Lipinski definition) is 5. The van der Waals surface area contributed by atoms with E-state index in [1.165, 1.54) is 0 Å². The Morgan fingerprint density at radius 1 is 1.03 bits per heavy atom. The maximum absolute atomic E-state index is 12.0. The van der Waals surface area contributed by atoms with Gasteiger partial charge in [0.15, 0.2) is 11.5 Å². The van der Waals surface area contributed by atoms with Crippen LogP contribution in [0, 0.1) is 0 Å². The highest BCUT2D eigenvalue weighted by atomic mass is 16.6. The number of amides is 1. The van der Waals surface area contributed by atoms with Crippen molar-refractivity contribution in [1.29, 1.82) is 0 Å². The van der Waals surface area contributed by atoms with Crippen LogP contribution < -0.4 is 14.8 Å².